The molecule has 0 saturated heterocycles. The Bertz CT molecular complexity index is 460. The van der Waals surface area contributed by atoms with Crippen molar-refractivity contribution < 1.29 is 14.7 Å². The Kier molecular flexibility index (Phi) is 3.67. The summed E-state index contributed by atoms with van der Waals surface area (Å²) in [6, 6.07) is 6.09. The quantitative estimate of drug-likeness (QED) is 0.778. The van der Waals surface area contributed by atoms with Crippen LogP contribution in [-0.2, 0) is 4.79 Å². The molecular formula is C12H11NO3. The fraction of sp³-hybridized carbons (Fsp3) is 0.167. The molecular weight excluding hydrogens is 206 g/mol. The van der Waals surface area contributed by atoms with Crippen molar-refractivity contribution in [3.8, 4) is 12.3 Å². The van der Waals surface area contributed by atoms with E-state index < -0.39 is 5.97 Å². The molecule has 0 aromatic heterocycles. The van der Waals surface area contributed by atoms with Gasteiger partial charge in [0.1, 0.15) is 0 Å². The second-order valence-corrected chi connectivity index (χ2v) is 3.16. The first kappa shape index (κ1) is 11.8. The normalized spacial score (nSPS) is 9.25. The predicted molar refractivity (Wildman–Crippen MR) is 60.3 cm³/mol. The van der Waals surface area contributed by atoms with Crippen LogP contribution in [0.25, 0.3) is 0 Å². The first-order valence-corrected chi connectivity index (χ1v) is 4.61. The van der Waals surface area contributed by atoms with Gasteiger partial charge in [-0.05, 0) is 18.2 Å². The van der Waals surface area contributed by atoms with E-state index in [4.69, 9.17) is 11.5 Å². The zero-order valence-electron chi connectivity index (χ0n) is 8.80. The van der Waals surface area contributed by atoms with Gasteiger partial charge in [-0.2, -0.15) is 0 Å². The highest BCUT2D eigenvalue weighted by atomic mass is 16.4. The number of carboxylic acids is 1. The van der Waals surface area contributed by atoms with E-state index in [1.54, 1.807) is 12.1 Å². The number of nitrogens with zero attached hydrogens (tertiary/aromatic N) is 1. The van der Waals surface area contributed by atoms with Crippen LogP contribution < -0.4 is 4.90 Å². The lowest BCUT2D eigenvalue weighted by molar-refractivity contribution is -0.116. The van der Waals surface area contributed by atoms with Crippen molar-refractivity contribution in [1.82, 2.24) is 0 Å². The molecule has 0 aliphatic heterocycles. The van der Waals surface area contributed by atoms with Crippen LogP contribution in [0.4, 0.5) is 5.69 Å². The van der Waals surface area contributed by atoms with E-state index in [2.05, 4.69) is 5.92 Å². The zero-order valence-corrected chi connectivity index (χ0v) is 8.80. The third kappa shape index (κ3) is 2.61. The molecule has 0 heterocycles. The van der Waals surface area contributed by atoms with Gasteiger partial charge in [0.25, 0.3) is 0 Å². The average molecular weight is 217 g/mol. The Morgan fingerprint density at radius 3 is 2.69 bits per heavy atom. The standard InChI is InChI=1S/C12H11NO3/c1-3-7-13(9(2)14)11-6-4-5-10(8-11)12(15)16/h1,4-6,8H,7H2,2H3,(H,15,16). The van der Waals surface area contributed by atoms with Gasteiger partial charge in [-0.25, -0.2) is 4.79 Å². The third-order valence-electron chi connectivity index (χ3n) is 2.03. The van der Waals surface area contributed by atoms with Crippen LogP contribution in [0.1, 0.15) is 17.3 Å². The largest absolute Gasteiger partial charge is 0.478 e. The molecule has 0 unspecified atom stereocenters. The highest BCUT2D eigenvalue weighted by molar-refractivity contribution is 5.94. The van der Waals surface area contributed by atoms with Crippen molar-refractivity contribution in [3.63, 3.8) is 0 Å². The summed E-state index contributed by atoms with van der Waals surface area (Å²) in [6.07, 6.45) is 5.14. The van der Waals surface area contributed by atoms with Crippen LogP contribution in [0.15, 0.2) is 24.3 Å². The molecule has 0 saturated carbocycles. The number of hydrogen-bond acceptors (Lipinski definition) is 2. The highest BCUT2D eigenvalue weighted by Gasteiger charge is 2.11. The molecule has 4 nitrogen and oxygen atoms in total. The first-order chi connectivity index (χ1) is 7.56. The molecule has 1 aromatic rings. The molecule has 16 heavy (non-hydrogen) atoms. The summed E-state index contributed by atoms with van der Waals surface area (Å²) < 4.78 is 0. The minimum Gasteiger partial charge on any atom is -0.478 e. The number of terminal acetylenes is 1. The van der Waals surface area contributed by atoms with Crippen molar-refractivity contribution in [1.29, 1.82) is 0 Å². The van der Waals surface area contributed by atoms with Crippen LogP contribution in [0.2, 0.25) is 0 Å². The Labute approximate surface area is 93.5 Å². The number of hydrogen-bond donors (Lipinski definition) is 1. The number of carbonyl (C=O) groups excluding carboxylic acids is 1. The molecule has 1 N–H and O–H groups in total. The van der Waals surface area contributed by atoms with Crippen LogP contribution in [0.3, 0.4) is 0 Å². The number of anilines is 1. The van der Waals surface area contributed by atoms with E-state index in [1.165, 1.54) is 24.0 Å². The van der Waals surface area contributed by atoms with E-state index in [1.807, 2.05) is 0 Å². The van der Waals surface area contributed by atoms with E-state index in [0.29, 0.717) is 5.69 Å². The lowest BCUT2D eigenvalue weighted by Crippen LogP contribution is -2.28. The van der Waals surface area contributed by atoms with Crippen molar-refractivity contribution in [3.05, 3.63) is 29.8 Å². The van der Waals surface area contributed by atoms with Crippen molar-refractivity contribution >= 4 is 17.6 Å². The number of benzene rings is 1. The molecule has 1 aromatic carbocycles. The van der Waals surface area contributed by atoms with Gasteiger partial charge in [0, 0.05) is 12.6 Å². The van der Waals surface area contributed by atoms with E-state index in [-0.39, 0.29) is 18.0 Å². The van der Waals surface area contributed by atoms with Crippen molar-refractivity contribution in [2.24, 2.45) is 0 Å². The first-order valence-electron chi connectivity index (χ1n) is 4.61. The summed E-state index contributed by atoms with van der Waals surface area (Å²) in [4.78, 5) is 23.4. The maximum atomic E-state index is 11.3. The zero-order chi connectivity index (χ0) is 12.1. The van der Waals surface area contributed by atoms with Crippen LogP contribution in [0.5, 0.6) is 0 Å². The second kappa shape index (κ2) is 4.99. The minimum atomic E-state index is -1.04. The van der Waals surface area contributed by atoms with Crippen LogP contribution in [0, 0.1) is 12.3 Å². The number of amides is 1. The summed E-state index contributed by atoms with van der Waals surface area (Å²) in [5, 5.41) is 8.82. The SMILES string of the molecule is C#CCN(C(C)=O)c1cccc(C(=O)O)c1. The number of carboxylic acid groups (broad SMARTS) is 1. The lowest BCUT2D eigenvalue weighted by atomic mass is 10.2. The summed E-state index contributed by atoms with van der Waals surface area (Å²) in [5.41, 5.74) is 0.617. The van der Waals surface area contributed by atoms with Gasteiger partial charge in [0.2, 0.25) is 5.91 Å². The smallest absolute Gasteiger partial charge is 0.335 e. The van der Waals surface area contributed by atoms with Crippen LogP contribution in [-0.4, -0.2) is 23.5 Å². The molecule has 4 heteroatoms. The average Bonchev–Trinajstić information content (AvgIpc) is 2.25. The maximum absolute atomic E-state index is 11.3. The topological polar surface area (TPSA) is 57.6 Å². The van der Waals surface area contributed by atoms with E-state index >= 15 is 0 Å². The lowest BCUT2D eigenvalue weighted by Gasteiger charge is -2.18. The van der Waals surface area contributed by atoms with Gasteiger partial charge in [-0.15, -0.1) is 6.42 Å². The Hall–Kier alpha value is -2.28. The fourth-order valence-corrected chi connectivity index (χ4v) is 1.28. The Morgan fingerprint density at radius 2 is 2.19 bits per heavy atom. The minimum absolute atomic E-state index is 0.123. The molecule has 1 rings (SSSR count). The molecule has 0 atom stereocenters. The summed E-state index contributed by atoms with van der Waals surface area (Å²) in [7, 11) is 0. The number of aromatic carboxylic acids is 1. The van der Waals surface area contributed by atoms with E-state index in [0.717, 1.165) is 0 Å². The van der Waals surface area contributed by atoms with Gasteiger partial charge in [-0.1, -0.05) is 12.0 Å². The molecule has 1 amide bonds. The van der Waals surface area contributed by atoms with Gasteiger partial charge in [-0.3, -0.25) is 4.79 Å². The molecule has 0 aliphatic rings. The Morgan fingerprint density at radius 1 is 1.50 bits per heavy atom. The number of rotatable bonds is 3. The van der Waals surface area contributed by atoms with Gasteiger partial charge in [0.05, 0.1) is 12.1 Å². The predicted octanol–water partition coefficient (Wildman–Crippen LogP) is 1.37. The molecule has 0 fully saturated rings. The van der Waals surface area contributed by atoms with Crippen LogP contribution >= 0.6 is 0 Å². The molecule has 82 valence electrons. The highest BCUT2D eigenvalue weighted by Crippen LogP contribution is 2.16. The Balaban J connectivity index is 3.10. The van der Waals surface area contributed by atoms with E-state index in [9.17, 15) is 9.59 Å². The molecule has 0 bridgehead atoms. The number of carbonyl (C=O) groups is 2. The molecule has 0 aliphatic carbocycles. The molecule has 0 radical (unpaired) electrons. The molecule has 0 spiro atoms. The second-order valence-electron chi connectivity index (χ2n) is 3.16. The van der Waals surface area contributed by atoms with Gasteiger partial charge < -0.3 is 10.0 Å². The van der Waals surface area contributed by atoms with Gasteiger partial charge >= 0.3 is 5.97 Å². The summed E-state index contributed by atoms with van der Waals surface area (Å²) in [6.45, 7) is 1.50. The van der Waals surface area contributed by atoms with Crippen molar-refractivity contribution in [2.75, 3.05) is 11.4 Å². The summed E-state index contributed by atoms with van der Waals surface area (Å²) >= 11 is 0. The third-order valence-corrected chi connectivity index (χ3v) is 2.03. The maximum Gasteiger partial charge on any atom is 0.335 e. The van der Waals surface area contributed by atoms with Crippen molar-refractivity contribution in [2.45, 2.75) is 6.92 Å². The van der Waals surface area contributed by atoms with Gasteiger partial charge in [0.15, 0.2) is 0 Å². The monoisotopic (exact) mass is 217 g/mol. The fourth-order valence-electron chi connectivity index (χ4n) is 1.28. The summed E-state index contributed by atoms with van der Waals surface area (Å²) in [5.74, 6) is 1.10.